The zero-order chi connectivity index (χ0) is 21.0. The summed E-state index contributed by atoms with van der Waals surface area (Å²) >= 11 is 0. The smallest absolute Gasteiger partial charge is 0.252 e. The zero-order valence-electron chi connectivity index (χ0n) is 17.2. The summed E-state index contributed by atoms with van der Waals surface area (Å²) in [6.45, 7) is 2.05. The minimum atomic E-state index is -0.326. The Morgan fingerprint density at radius 2 is 1.52 bits per heavy atom. The number of hydrogen-bond donors (Lipinski definition) is 3. The highest BCUT2D eigenvalue weighted by atomic mass is 16.5. The van der Waals surface area contributed by atoms with E-state index in [0.29, 0.717) is 28.6 Å². The van der Waals surface area contributed by atoms with Crippen molar-refractivity contribution in [1.29, 1.82) is 0 Å². The molecule has 3 atom stereocenters. The Balaban J connectivity index is 1.84. The predicted octanol–water partition coefficient (Wildman–Crippen LogP) is 2.06. The van der Waals surface area contributed by atoms with Crippen LogP contribution in [0.5, 0.6) is 23.0 Å². The van der Waals surface area contributed by atoms with Crippen LogP contribution in [0.3, 0.4) is 0 Å². The van der Waals surface area contributed by atoms with E-state index in [1.807, 2.05) is 18.2 Å². The number of ether oxygens (including phenoxy) is 4. The number of methoxy groups -OCH3 is 4. The Kier molecular flexibility index (Phi) is 6.46. The number of carbonyl (C=O) groups is 1. The second-order valence-electron chi connectivity index (χ2n) is 6.77. The topological polar surface area (TPSA) is 90.1 Å². The Hall–Kier alpha value is -2.97. The van der Waals surface area contributed by atoms with Gasteiger partial charge in [-0.15, -0.1) is 0 Å². The first kappa shape index (κ1) is 20.8. The SMILES string of the molecule is COc1cc(OC)cc(C(=O)NC2NNC(C)C2c2ccc(OC)c(OC)c2)c1. The third-order valence-electron chi connectivity index (χ3n) is 5.06. The van der Waals surface area contributed by atoms with Crippen LogP contribution in [0.4, 0.5) is 0 Å². The molecule has 3 rings (SSSR count). The number of amides is 1. The van der Waals surface area contributed by atoms with Crippen molar-refractivity contribution in [2.45, 2.75) is 25.0 Å². The Morgan fingerprint density at radius 3 is 2.10 bits per heavy atom. The van der Waals surface area contributed by atoms with E-state index in [2.05, 4.69) is 23.1 Å². The summed E-state index contributed by atoms with van der Waals surface area (Å²) in [5.41, 5.74) is 7.83. The highest BCUT2D eigenvalue weighted by Gasteiger charge is 2.36. The molecule has 3 N–H and O–H groups in total. The van der Waals surface area contributed by atoms with E-state index in [9.17, 15) is 4.79 Å². The van der Waals surface area contributed by atoms with Crippen molar-refractivity contribution in [2.24, 2.45) is 0 Å². The van der Waals surface area contributed by atoms with Crippen molar-refractivity contribution in [2.75, 3.05) is 28.4 Å². The number of nitrogens with one attached hydrogen (secondary N) is 3. The quantitative estimate of drug-likeness (QED) is 0.654. The fourth-order valence-corrected chi connectivity index (χ4v) is 3.52. The lowest BCUT2D eigenvalue weighted by molar-refractivity contribution is 0.0927. The van der Waals surface area contributed by atoms with Gasteiger partial charge in [0.05, 0.1) is 28.4 Å². The fourth-order valence-electron chi connectivity index (χ4n) is 3.52. The minimum absolute atomic E-state index is 0.0220. The van der Waals surface area contributed by atoms with Gasteiger partial charge in [-0.2, -0.15) is 0 Å². The average Bonchev–Trinajstić information content (AvgIpc) is 3.12. The number of rotatable bonds is 7. The molecule has 1 saturated heterocycles. The van der Waals surface area contributed by atoms with Gasteiger partial charge in [-0.1, -0.05) is 6.07 Å². The van der Waals surface area contributed by atoms with Crippen LogP contribution in [0, 0.1) is 0 Å². The highest BCUT2D eigenvalue weighted by molar-refractivity contribution is 5.95. The third kappa shape index (κ3) is 4.38. The van der Waals surface area contributed by atoms with Gasteiger partial charge in [0.25, 0.3) is 5.91 Å². The maximum absolute atomic E-state index is 12.9. The van der Waals surface area contributed by atoms with Gasteiger partial charge in [0.1, 0.15) is 17.7 Å². The molecule has 0 bridgehead atoms. The first-order chi connectivity index (χ1) is 14.0. The predicted molar refractivity (Wildman–Crippen MR) is 109 cm³/mol. The zero-order valence-corrected chi connectivity index (χ0v) is 17.2. The summed E-state index contributed by atoms with van der Waals surface area (Å²) in [5, 5.41) is 3.05. The summed E-state index contributed by atoms with van der Waals surface area (Å²) in [7, 11) is 6.30. The third-order valence-corrected chi connectivity index (χ3v) is 5.06. The number of benzene rings is 2. The van der Waals surface area contributed by atoms with Crippen LogP contribution in [0.1, 0.15) is 28.8 Å². The first-order valence-corrected chi connectivity index (χ1v) is 9.27. The minimum Gasteiger partial charge on any atom is -0.497 e. The van der Waals surface area contributed by atoms with E-state index in [1.54, 1.807) is 46.6 Å². The molecule has 29 heavy (non-hydrogen) atoms. The van der Waals surface area contributed by atoms with Crippen LogP contribution in [0.25, 0.3) is 0 Å². The molecule has 0 saturated carbocycles. The van der Waals surface area contributed by atoms with Crippen LogP contribution < -0.4 is 35.1 Å². The molecule has 8 nitrogen and oxygen atoms in total. The number of carbonyl (C=O) groups excluding carboxylic acids is 1. The summed E-state index contributed by atoms with van der Waals surface area (Å²) in [5.74, 6) is 2.15. The molecule has 1 aliphatic rings. The Bertz CT molecular complexity index is 851. The van der Waals surface area contributed by atoms with Crippen LogP contribution in [0.15, 0.2) is 36.4 Å². The average molecular weight is 401 g/mol. The maximum atomic E-state index is 12.9. The van der Waals surface area contributed by atoms with Crippen molar-refractivity contribution >= 4 is 5.91 Å². The van der Waals surface area contributed by atoms with Gasteiger partial charge < -0.3 is 24.3 Å². The molecule has 156 valence electrons. The number of hydrazine groups is 1. The summed E-state index contributed by atoms with van der Waals surface area (Å²) in [4.78, 5) is 12.9. The number of hydrogen-bond acceptors (Lipinski definition) is 7. The molecule has 2 aromatic rings. The second-order valence-corrected chi connectivity index (χ2v) is 6.77. The van der Waals surface area contributed by atoms with Gasteiger partial charge in [0.2, 0.25) is 0 Å². The molecular formula is C21H27N3O5. The van der Waals surface area contributed by atoms with Crippen LogP contribution >= 0.6 is 0 Å². The molecular weight excluding hydrogens is 374 g/mol. The maximum Gasteiger partial charge on any atom is 0.252 e. The van der Waals surface area contributed by atoms with E-state index in [-0.39, 0.29) is 24.0 Å². The molecule has 1 fully saturated rings. The molecule has 1 aliphatic heterocycles. The van der Waals surface area contributed by atoms with Crippen LogP contribution in [-0.4, -0.2) is 46.6 Å². The Labute approximate surface area is 170 Å². The molecule has 1 heterocycles. The molecule has 1 amide bonds. The lowest BCUT2D eigenvalue weighted by Crippen LogP contribution is -2.46. The van der Waals surface area contributed by atoms with Gasteiger partial charge in [0.15, 0.2) is 11.5 Å². The van der Waals surface area contributed by atoms with Gasteiger partial charge in [-0.3, -0.25) is 10.2 Å². The normalized spacial score (nSPS) is 20.8. The largest absolute Gasteiger partial charge is 0.497 e. The van der Waals surface area contributed by atoms with E-state index in [1.165, 1.54) is 0 Å². The van der Waals surface area contributed by atoms with Crippen molar-refractivity contribution in [1.82, 2.24) is 16.2 Å². The molecule has 3 unspecified atom stereocenters. The lowest BCUT2D eigenvalue weighted by Gasteiger charge is -2.23. The fraction of sp³-hybridized carbons (Fsp3) is 0.381. The standard InChI is InChI=1S/C21H27N3O5/c1-12-19(13-6-7-17(28-4)18(10-13)29-5)20(24-23-12)22-21(25)14-8-15(26-2)11-16(9-14)27-3/h6-12,19-20,23-24H,1-5H3,(H,22,25). The second kappa shape index (κ2) is 9.02. The van der Waals surface area contributed by atoms with E-state index >= 15 is 0 Å². The Morgan fingerprint density at radius 1 is 0.862 bits per heavy atom. The van der Waals surface area contributed by atoms with E-state index < -0.39 is 0 Å². The summed E-state index contributed by atoms with van der Waals surface area (Å²) < 4.78 is 21.3. The molecule has 0 radical (unpaired) electrons. The summed E-state index contributed by atoms with van der Waals surface area (Å²) in [6, 6.07) is 10.9. The first-order valence-electron chi connectivity index (χ1n) is 9.27. The van der Waals surface area contributed by atoms with E-state index in [4.69, 9.17) is 18.9 Å². The summed E-state index contributed by atoms with van der Waals surface area (Å²) in [6.07, 6.45) is -0.326. The van der Waals surface area contributed by atoms with Crippen molar-refractivity contribution in [3.63, 3.8) is 0 Å². The van der Waals surface area contributed by atoms with Crippen LogP contribution in [0.2, 0.25) is 0 Å². The van der Waals surface area contributed by atoms with Crippen molar-refractivity contribution in [3.05, 3.63) is 47.5 Å². The van der Waals surface area contributed by atoms with E-state index in [0.717, 1.165) is 5.56 Å². The molecule has 0 aliphatic carbocycles. The monoisotopic (exact) mass is 401 g/mol. The lowest BCUT2D eigenvalue weighted by atomic mass is 9.91. The highest BCUT2D eigenvalue weighted by Crippen LogP contribution is 2.34. The molecule has 0 spiro atoms. The van der Waals surface area contributed by atoms with Crippen molar-refractivity contribution in [3.8, 4) is 23.0 Å². The molecule has 0 aromatic heterocycles. The molecule has 8 heteroatoms. The van der Waals surface area contributed by atoms with Crippen LogP contribution in [-0.2, 0) is 0 Å². The van der Waals surface area contributed by atoms with Gasteiger partial charge >= 0.3 is 0 Å². The van der Waals surface area contributed by atoms with Gasteiger partial charge in [-0.25, -0.2) is 5.43 Å². The van der Waals surface area contributed by atoms with Gasteiger partial charge in [0, 0.05) is 23.6 Å². The molecule has 2 aromatic carbocycles. The van der Waals surface area contributed by atoms with Gasteiger partial charge in [-0.05, 0) is 36.8 Å². The van der Waals surface area contributed by atoms with Crippen molar-refractivity contribution < 1.29 is 23.7 Å².